The van der Waals surface area contributed by atoms with Gasteiger partial charge in [-0.05, 0) is 75.9 Å². The van der Waals surface area contributed by atoms with Crippen LogP contribution in [-0.4, -0.2) is 43.8 Å². The summed E-state index contributed by atoms with van der Waals surface area (Å²) in [5.74, 6) is -0.754. The van der Waals surface area contributed by atoms with E-state index in [2.05, 4.69) is 5.32 Å². The minimum atomic E-state index is -4.10. The smallest absolute Gasteiger partial charge is 0.264 e. The van der Waals surface area contributed by atoms with Crippen molar-refractivity contribution in [3.05, 3.63) is 95.1 Å². The quantitative estimate of drug-likeness (QED) is 0.359. The number of nitrogens with one attached hydrogen (secondary N) is 1. The third kappa shape index (κ3) is 7.47. The summed E-state index contributed by atoms with van der Waals surface area (Å²) in [6, 6.07) is 20.6. The van der Waals surface area contributed by atoms with Gasteiger partial charge in [-0.3, -0.25) is 13.9 Å². The summed E-state index contributed by atoms with van der Waals surface area (Å²) in [7, 11) is -4.10. The fraction of sp³-hybridized carbons (Fsp3) is 0.355. The number of rotatable bonds is 11. The van der Waals surface area contributed by atoms with E-state index >= 15 is 0 Å². The maximum absolute atomic E-state index is 14.0. The number of hydrogen-bond acceptors (Lipinski definition) is 4. The fourth-order valence-corrected chi connectivity index (χ4v) is 5.64. The van der Waals surface area contributed by atoms with Crippen LogP contribution in [0.5, 0.6) is 0 Å². The summed E-state index contributed by atoms with van der Waals surface area (Å²) in [5, 5.41) is 2.95. The summed E-state index contributed by atoms with van der Waals surface area (Å²) >= 11 is 0. The van der Waals surface area contributed by atoms with Gasteiger partial charge in [0.1, 0.15) is 12.6 Å². The lowest BCUT2D eigenvalue weighted by atomic mass is 10.1. The van der Waals surface area contributed by atoms with Crippen molar-refractivity contribution in [2.24, 2.45) is 0 Å². The van der Waals surface area contributed by atoms with E-state index in [1.54, 1.807) is 37.3 Å². The number of sulfonamides is 1. The molecule has 0 bridgehead atoms. The van der Waals surface area contributed by atoms with E-state index in [1.807, 2.05) is 77.1 Å². The first-order valence-corrected chi connectivity index (χ1v) is 14.7. The minimum Gasteiger partial charge on any atom is -0.352 e. The van der Waals surface area contributed by atoms with E-state index in [4.69, 9.17) is 0 Å². The van der Waals surface area contributed by atoms with Crippen LogP contribution >= 0.6 is 0 Å². The van der Waals surface area contributed by atoms with E-state index in [1.165, 1.54) is 9.21 Å². The zero-order valence-electron chi connectivity index (χ0n) is 23.6. The van der Waals surface area contributed by atoms with Gasteiger partial charge >= 0.3 is 0 Å². The Kier molecular flexibility index (Phi) is 9.92. The number of benzene rings is 3. The van der Waals surface area contributed by atoms with Crippen LogP contribution in [0.25, 0.3) is 0 Å². The SMILES string of the molecule is CC[C@H](C)NC(=O)[C@@H](C)N(Cc1ccccc1)C(=O)CN(c1cc(C)ccc1C)S(=O)(=O)c1ccc(C)cc1. The second-order valence-corrected chi connectivity index (χ2v) is 12.0. The van der Waals surface area contributed by atoms with Gasteiger partial charge in [0.15, 0.2) is 0 Å². The van der Waals surface area contributed by atoms with Gasteiger partial charge in [0.05, 0.1) is 10.6 Å². The van der Waals surface area contributed by atoms with Crippen molar-refractivity contribution >= 4 is 27.5 Å². The van der Waals surface area contributed by atoms with E-state index in [0.29, 0.717) is 5.69 Å². The summed E-state index contributed by atoms with van der Waals surface area (Å²) < 4.78 is 29.1. The number of carbonyl (C=O) groups is 2. The van der Waals surface area contributed by atoms with Crippen LogP contribution in [0.15, 0.2) is 77.7 Å². The predicted octanol–water partition coefficient (Wildman–Crippen LogP) is 5.14. The van der Waals surface area contributed by atoms with Gasteiger partial charge in [-0.15, -0.1) is 0 Å². The average Bonchev–Trinajstić information content (AvgIpc) is 2.91. The Morgan fingerprint density at radius 2 is 1.49 bits per heavy atom. The maximum Gasteiger partial charge on any atom is 0.264 e. The maximum atomic E-state index is 14.0. The highest BCUT2D eigenvalue weighted by Crippen LogP contribution is 2.28. The van der Waals surface area contributed by atoms with Crippen LogP contribution in [0.2, 0.25) is 0 Å². The third-order valence-electron chi connectivity index (χ3n) is 6.89. The fourth-order valence-electron chi connectivity index (χ4n) is 4.17. The third-order valence-corrected chi connectivity index (χ3v) is 8.66. The lowest BCUT2D eigenvalue weighted by Crippen LogP contribution is -2.52. The van der Waals surface area contributed by atoms with Crippen LogP contribution in [-0.2, 0) is 26.2 Å². The van der Waals surface area contributed by atoms with E-state index < -0.39 is 28.5 Å². The molecule has 0 unspecified atom stereocenters. The van der Waals surface area contributed by atoms with Gasteiger partial charge in [-0.2, -0.15) is 0 Å². The zero-order chi connectivity index (χ0) is 28.7. The molecular weight excluding hydrogens is 510 g/mol. The van der Waals surface area contributed by atoms with Gasteiger partial charge in [0, 0.05) is 12.6 Å². The van der Waals surface area contributed by atoms with Crippen LogP contribution in [0.3, 0.4) is 0 Å². The number of carbonyl (C=O) groups excluding carboxylic acids is 2. The molecule has 8 heteroatoms. The molecule has 0 saturated heterocycles. The molecule has 0 aliphatic carbocycles. The van der Waals surface area contributed by atoms with Gasteiger partial charge in [0.25, 0.3) is 10.0 Å². The van der Waals surface area contributed by atoms with Crippen molar-refractivity contribution < 1.29 is 18.0 Å². The molecule has 3 rings (SSSR count). The highest BCUT2D eigenvalue weighted by Gasteiger charge is 2.33. The van der Waals surface area contributed by atoms with Gasteiger partial charge in [-0.25, -0.2) is 8.42 Å². The highest BCUT2D eigenvalue weighted by atomic mass is 32.2. The first-order valence-electron chi connectivity index (χ1n) is 13.2. The molecule has 2 atom stereocenters. The monoisotopic (exact) mass is 549 g/mol. The van der Waals surface area contributed by atoms with Gasteiger partial charge < -0.3 is 10.2 Å². The molecule has 1 N–H and O–H groups in total. The Hall–Kier alpha value is -3.65. The molecular formula is C31H39N3O4S. The Labute approximate surface area is 232 Å². The second-order valence-electron chi connectivity index (χ2n) is 10.1. The van der Waals surface area contributed by atoms with E-state index in [-0.39, 0.29) is 23.4 Å². The molecule has 0 heterocycles. The number of anilines is 1. The lowest BCUT2D eigenvalue weighted by molar-refractivity contribution is -0.139. The topological polar surface area (TPSA) is 86.8 Å². The first-order chi connectivity index (χ1) is 18.4. The van der Waals surface area contributed by atoms with Crippen molar-refractivity contribution in [2.45, 2.75) is 71.5 Å². The van der Waals surface area contributed by atoms with Crippen LogP contribution in [0.4, 0.5) is 5.69 Å². The normalized spacial score (nSPS) is 12.9. The van der Waals surface area contributed by atoms with E-state index in [9.17, 15) is 18.0 Å². The van der Waals surface area contributed by atoms with Crippen LogP contribution in [0, 0.1) is 20.8 Å². The molecule has 3 aromatic rings. The van der Waals surface area contributed by atoms with Crippen molar-refractivity contribution in [2.75, 3.05) is 10.8 Å². The Morgan fingerprint density at radius 3 is 2.10 bits per heavy atom. The standard InChI is InChI=1S/C31H39N3O4S/c1-7-25(5)32-31(36)26(6)33(20-27-11-9-8-10-12-27)30(35)21-34(29-19-23(3)13-16-24(29)4)39(37,38)28-17-14-22(2)15-18-28/h8-19,25-26H,7,20-21H2,1-6H3,(H,32,36)/t25-,26+/m0/s1. The second kappa shape index (κ2) is 12.9. The molecule has 0 aliphatic rings. The Bertz CT molecular complexity index is 1390. The number of hydrogen-bond donors (Lipinski definition) is 1. The molecule has 0 aliphatic heterocycles. The molecule has 0 radical (unpaired) electrons. The summed E-state index contributed by atoms with van der Waals surface area (Å²) in [5.41, 5.74) is 3.79. The molecule has 0 fully saturated rings. The van der Waals surface area contributed by atoms with Crippen molar-refractivity contribution in [3.63, 3.8) is 0 Å². The average molecular weight is 550 g/mol. The van der Waals surface area contributed by atoms with E-state index in [0.717, 1.165) is 28.7 Å². The summed E-state index contributed by atoms with van der Waals surface area (Å²) in [6.45, 7) is 10.9. The van der Waals surface area contributed by atoms with Crippen molar-refractivity contribution in [1.29, 1.82) is 0 Å². The Balaban J connectivity index is 2.05. The van der Waals surface area contributed by atoms with Crippen LogP contribution in [0.1, 0.15) is 49.4 Å². The van der Waals surface area contributed by atoms with Crippen LogP contribution < -0.4 is 9.62 Å². The van der Waals surface area contributed by atoms with Crippen molar-refractivity contribution in [1.82, 2.24) is 10.2 Å². The highest BCUT2D eigenvalue weighted by molar-refractivity contribution is 7.92. The number of amides is 2. The molecule has 3 aromatic carbocycles. The zero-order valence-corrected chi connectivity index (χ0v) is 24.5. The minimum absolute atomic E-state index is 0.0537. The van der Waals surface area contributed by atoms with Crippen molar-refractivity contribution in [3.8, 4) is 0 Å². The predicted molar refractivity (Wildman–Crippen MR) is 156 cm³/mol. The summed E-state index contributed by atoms with van der Waals surface area (Å²) in [4.78, 5) is 28.7. The van der Waals surface area contributed by atoms with Gasteiger partial charge in [0.2, 0.25) is 11.8 Å². The first kappa shape index (κ1) is 29.9. The van der Waals surface area contributed by atoms with Gasteiger partial charge in [-0.1, -0.05) is 67.1 Å². The Morgan fingerprint density at radius 1 is 0.872 bits per heavy atom. The largest absolute Gasteiger partial charge is 0.352 e. The molecule has 2 amide bonds. The molecule has 0 saturated carbocycles. The lowest BCUT2D eigenvalue weighted by Gasteiger charge is -2.33. The molecule has 0 spiro atoms. The molecule has 7 nitrogen and oxygen atoms in total. The summed E-state index contributed by atoms with van der Waals surface area (Å²) in [6.07, 6.45) is 0.750. The number of aryl methyl sites for hydroxylation is 3. The molecule has 0 aromatic heterocycles. The molecule has 208 valence electrons. The molecule has 39 heavy (non-hydrogen) atoms. The number of nitrogens with zero attached hydrogens (tertiary/aromatic N) is 2.